The van der Waals surface area contributed by atoms with Crippen LogP contribution in [0, 0.1) is 17.0 Å². The van der Waals surface area contributed by atoms with Crippen LogP contribution in [0.3, 0.4) is 0 Å². The third kappa shape index (κ3) is 2.87. The monoisotopic (exact) mass is 276 g/mol. The van der Waals surface area contributed by atoms with Crippen LogP contribution in [0.1, 0.15) is 11.3 Å². The van der Waals surface area contributed by atoms with Crippen molar-refractivity contribution >= 4 is 11.4 Å². The lowest BCUT2D eigenvalue weighted by Gasteiger charge is -2.08. The molecular weight excluding hydrogens is 260 g/mol. The summed E-state index contributed by atoms with van der Waals surface area (Å²) in [6, 6.07) is 4.70. The van der Waals surface area contributed by atoms with Crippen molar-refractivity contribution in [3.63, 3.8) is 0 Å². The van der Waals surface area contributed by atoms with Crippen molar-refractivity contribution in [2.45, 2.75) is 13.5 Å². The van der Waals surface area contributed by atoms with Crippen molar-refractivity contribution in [1.82, 2.24) is 9.78 Å². The summed E-state index contributed by atoms with van der Waals surface area (Å²) in [6.07, 6.45) is 1.94. The summed E-state index contributed by atoms with van der Waals surface area (Å²) in [6.45, 7) is 2.54. The smallest absolute Gasteiger partial charge is 0.311 e. The van der Waals surface area contributed by atoms with Crippen molar-refractivity contribution < 1.29 is 9.66 Å². The van der Waals surface area contributed by atoms with Crippen LogP contribution in [0.4, 0.5) is 11.4 Å². The normalized spacial score (nSPS) is 10.3. The zero-order chi connectivity index (χ0) is 14.7. The Hall–Kier alpha value is -2.57. The van der Waals surface area contributed by atoms with E-state index < -0.39 is 4.92 Å². The van der Waals surface area contributed by atoms with Gasteiger partial charge in [0.05, 0.1) is 17.7 Å². The van der Waals surface area contributed by atoms with Crippen LogP contribution in [0.15, 0.2) is 24.4 Å². The number of benzene rings is 1. The minimum Gasteiger partial charge on any atom is -0.490 e. The number of nitrogens with zero attached hydrogens (tertiary/aromatic N) is 3. The molecule has 0 fully saturated rings. The van der Waals surface area contributed by atoms with Crippen molar-refractivity contribution in [2.24, 2.45) is 7.05 Å². The first-order valence-electron chi connectivity index (χ1n) is 6.06. The third-order valence-electron chi connectivity index (χ3n) is 2.97. The van der Waals surface area contributed by atoms with E-state index in [1.807, 2.05) is 20.2 Å². The summed E-state index contributed by atoms with van der Waals surface area (Å²) in [5.74, 6) is 0.239. The van der Waals surface area contributed by atoms with Gasteiger partial charge in [-0.1, -0.05) is 0 Å². The van der Waals surface area contributed by atoms with E-state index >= 15 is 0 Å². The Bertz CT molecular complexity index is 637. The zero-order valence-corrected chi connectivity index (χ0v) is 11.6. The van der Waals surface area contributed by atoms with Gasteiger partial charge in [-0.3, -0.25) is 14.8 Å². The molecule has 0 spiro atoms. The molecule has 0 saturated heterocycles. The summed E-state index contributed by atoms with van der Waals surface area (Å²) in [5.41, 5.74) is 2.74. The van der Waals surface area contributed by atoms with Crippen LogP contribution in [-0.4, -0.2) is 21.8 Å². The molecule has 7 heteroatoms. The molecule has 0 radical (unpaired) electrons. The molecule has 0 atom stereocenters. The van der Waals surface area contributed by atoms with Gasteiger partial charge in [-0.25, -0.2) is 0 Å². The van der Waals surface area contributed by atoms with Gasteiger partial charge in [-0.2, -0.15) is 5.10 Å². The molecule has 1 aromatic heterocycles. The summed E-state index contributed by atoms with van der Waals surface area (Å²) in [7, 11) is 3.28. The highest BCUT2D eigenvalue weighted by atomic mass is 16.6. The largest absolute Gasteiger partial charge is 0.490 e. The Morgan fingerprint density at radius 3 is 2.80 bits per heavy atom. The molecule has 1 heterocycles. The second-order valence-corrected chi connectivity index (χ2v) is 4.41. The minimum absolute atomic E-state index is 0.0457. The molecule has 106 valence electrons. The predicted octanol–water partition coefficient (Wildman–Crippen LogP) is 2.26. The summed E-state index contributed by atoms with van der Waals surface area (Å²) in [5, 5.41) is 18.3. The second-order valence-electron chi connectivity index (χ2n) is 4.41. The van der Waals surface area contributed by atoms with Gasteiger partial charge < -0.3 is 10.1 Å². The van der Waals surface area contributed by atoms with Crippen LogP contribution in [0.25, 0.3) is 0 Å². The lowest BCUT2D eigenvalue weighted by molar-refractivity contribution is -0.385. The quantitative estimate of drug-likeness (QED) is 0.669. The number of rotatable bonds is 5. The Labute approximate surface area is 116 Å². The van der Waals surface area contributed by atoms with Crippen LogP contribution >= 0.6 is 0 Å². The molecule has 0 aliphatic rings. The van der Waals surface area contributed by atoms with Gasteiger partial charge in [0.2, 0.25) is 0 Å². The molecule has 1 N–H and O–H groups in total. The molecule has 2 rings (SSSR count). The summed E-state index contributed by atoms with van der Waals surface area (Å²) in [4.78, 5) is 10.3. The third-order valence-corrected chi connectivity index (χ3v) is 2.97. The van der Waals surface area contributed by atoms with Gasteiger partial charge in [0.15, 0.2) is 5.75 Å². The van der Waals surface area contributed by atoms with Crippen LogP contribution in [-0.2, 0) is 13.6 Å². The molecule has 0 aliphatic heterocycles. The van der Waals surface area contributed by atoms with Crippen molar-refractivity contribution in [3.05, 3.63) is 45.8 Å². The van der Waals surface area contributed by atoms with Gasteiger partial charge in [-0.15, -0.1) is 0 Å². The molecule has 0 saturated carbocycles. The van der Waals surface area contributed by atoms with E-state index in [2.05, 4.69) is 10.4 Å². The van der Waals surface area contributed by atoms with Crippen LogP contribution < -0.4 is 10.1 Å². The molecule has 1 aromatic carbocycles. The predicted molar refractivity (Wildman–Crippen MR) is 74.9 cm³/mol. The van der Waals surface area contributed by atoms with E-state index in [1.54, 1.807) is 16.8 Å². The Morgan fingerprint density at radius 2 is 2.25 bits per heavy atom. The van der Waals surface area contributed by atoms with E-state index in [0.717, 1.165) is 16.9 Å². The topological polar surface area (TPSA) is 82.2 Å². The summed E-state index contributed by atoms with van der Waals surface area (Å²) < 4.78 is 6.78. The first-order chi connectivity index (χ1) is 9.51. The van der Waals surface area contributed by atoms with Crippen molar-refractivity contribution in [1.29, 1.82) is 0 Å². The Balaban J connectivity index is 2.14. The lowest BCUT2D eigenvalue weighted by atomic mass is 10.2. The van der Waals surface area contributed by atoms with Crippen molar-refractivity contribution in [2.75, 3.05) is 12.4 Å². The summed E-state index contributed by atoms with van der Waals surface area (Å²) >= 11 is 0. The molecule has 0 unspecified atom stereocenters. The maximum atomic E-state index is 10.8. The number of aryl methyl sites for hydroxylation is 2. The molecular formula is C13H16N4O3. The highest BCUT2D eigenvalue weighted by molar-refractivity contribution is 5.58. The highest BCUT2D eigenvalue weighted by Crippen LogP contribution is 2.29. The number of ether oxygens (including phenoxy) is 1. The van der Waals surface area contributed by atoms with Gasteiger partial charge in [0, 0.05) is 43.2 Å². The van der Waals surface area contributed by atoms with E-state index in [-0.39, 0.29) is 11.4 Å². The lowest BCUT2D eigenvalue weighted by Crippen LogP contribution is -2.01. The SMILES string of the molecule is COc1cc(NCc2cn(C)nc2C)ccc1[N+](=O)[O-]. The fourth-order valence-electron chi connectivity index (χ4n) is 1.96. The minimum atomic E-state index is -0.464. The molecule has 0 bridgehead atoms. The average Bonchev–Trinajstić information content (AvgIpc) is 2.74. The van der Waals surface area contributed by atoms with E-state index in [1.165, 1.54) is 13.2 Å². The Morgan fingerprint density at radius 1 is 1.50 bits per heavy atom. The maximum Gasteiger partial charge on any atom is 0.311 e. The fourth-order valence-corrected chi connectivity index (χ4v) is 1.96. The van der Waals surface area contributed by atoms with Crippen LogP contribution in [0.5, 0.6) is 5.75 Å². The number of nitrogens with one attached hydrogen (secondary N) is 1. The first-order valence-corrected chi connectivity index (χ1v) is 6.06. The van der Waals surface area contributed by atoms with Gasteiger partial charge in [0.25, 0.3) is 0 Å². The van der Waals surface area contributed by atoms with Gasteiger partial charge >= 0.3 is 5.69 Å². The number of aromatic nitrogens is 2. The highest BCUT2D eigenvalue weighted by Gasteiger charge is 2.14. The maximum absolute atomic E-state index is 10.8. The second kappa shape index (κ2) is 5.60. The average molecular weight is 276 g/mol. The molecule has 20 heavy (non-hydrogen) atoms. The number of hydrogen-bond donors (Lipinski definition) is 1. The molecule has 2 aromatic rings. The Kier molecular flexibility index (Phi) is 3.88. The number of hydrogen-bond acceptors (Lipinski definition) is 5. The van der Waals surface area contributed by atoms with Gasteiger partial charge in [0.1, 0.15) is 0 Å². The zero-order valence-electron chi connectivity index (χ0n) is 11.6. The van der Waals surface area contributed by atoms with Crippen molar-refractivity contribution in [3.8, 4) is 5.75 Å². The fraction of sp³-hybridized carbons (Fsp3) is 0.308. The first kappa shape index (κ1) is 13.9. The molecule has 0 aliphatic carbocycles. The van der Waals surface area contributed by atoms with E-state index in [0.29, 0.717) is 6.54 Å². The van der Waals surface area contributed by atoms with E-state index in [9.17, 15) is 10.1 Å². The number of nitro groups is 1. The molecule has 7 nitrogen and oxygen atoms in total. The van der Waals surface area contributed by atoms with Crippen LogP contribution in [0.2, 0.25) is 0 Å². The number of nitro benzene ring substituents is 1. The van der Waals surface area contributed by atoms with E-state index in [4.69, 9.17) is 4.74 Å². The standard InChI is InChI=1S/C13H16N4O3/c1-9-10(8-16(2)15-9)7-14-11-4-5-12(17(18)19)13(6-11)20-3/h4-6,8,14H,7H2,1-3H3. The number of methoxy groups -OCH3 is 1. The number of anilines is 1. The van der Waals surface area contributed by atoms with Gasteiger partial charge in [-0.05, 0) is 13.0 Å². The molecule has 0 amide bonds.